The third-order valence-corrected chi connectivity index (χ3v) is 9.12. The van der Waals surface area contributed by atoms with Gasteiger partial charge in [0.05, 0.1) is 0 Å². The minimum atomic E-state index is -1.35. The molecule has 0 bridgehead atoms. The number of allylic oxidation sites excluding steroid dienone is 1. The van der Waals surface area contributed by atoms with Crippen LogP contribution in [0, 0.1) is 28.6 Å². The number of amides is 1. The van der Waals surface area contributed by atoms with Gasteiger partial charge in [-0.2, -0.15) is 0 Å². The van der Waals surface area contributed by atoms with E-state index < -0.39 is 35.6 Å². The zero-order valence-electron chi connectivity index (χ0n) is 19.7. The molecule has 9 nitrogen and oxygen atoms in total. The van der Waals surface area contributed by atoms with Crippen molar-refractivity contribution in [3.05, 3.63) is 11.6 Å². The summed E-state index contributed by atoms with van der Waals surface area (Å²) < 4.78 is 5.49. The molecule has 0 aromatic heterocycles. The Morgan fingerprint density at radius 2 is 1.76 bits per heavy atom. The number of nitrogens with one attached hydrogen (secondary N) is 1. The first-order valence-electron chi connectivity index (χ1n) is 12.2. The Hall–Kier alpha value is -2.71. The summed E-state index contributed by atoms with van der Waals surface area (Å²) in [6, 6.07) is -1.35. The SMILES string of the molecule is C[C@]12CC[C@H](OC(=O)NC(CCC(=O)O)C(=O)O)CC1=CC(=O)C1C2CC[C@]2(C)C(=O)CCC12. The van der Waals surface area contributed by atoms with E-state index in [0.717, 1.165) is 31.3 Å². The smallest absolute Gasteiger partial charge is 0.408 e. The highest BCUT2D eigenvalue weighted by Gasteiger charge is 2.61. The van der Waals surface area contributed by atoms with Gasteiger partial charge in [-0.05, 0) is 61.9 Å². The molecule has 1 amide bonds. The van der Waals surface area contributed by atoms with Gasteiger partial charge in [-0.15, -0.1) is 0 Å². The number of ether oxygens (including phenoxy) is 1. The first kappa shape index (κ1) is 24.4. The van der Waals surface area contributed by atoms with Crippen LogP contribution >= 0.6 is 0 Å². The minimum Gasteiger partial charge on any atom is -0.481 e. The van der Waals surface area contributed by atoms with Crippen molar-refractivity contribution in [2.45, 2.75) is 83.8 Å². The Kier molecular flexibility index (Phi) is 6.33. The summed E-state index contributed by atoms with van der Waals surface area (Å²) >= 11 is 0. The Morgan fingerprint density at radius 3 is 2.44 bits per heavy atom. The molecule has 3 fully saturated rings. The van der Waals surface area contributed by atoms with Crippen LogP contribution in [0.15, 0.2) is 11.6 Å². The van der Waals surface area contributed by atoms with E-state index in [-0.39, 0.29) is 47.6 Å². The van der Waals surface area contributed by atoms with E-state index >= 15 is 0 Å². The van der Waals surface area contributed by atoms with Gasteiger partial charge in [0.15, 0.2) is 5.78 Å². The maximum Gasteiger partial charge on any atom is 0.408 e. The van der Waals surface area contributed by atoms with Crippen LogP contribution in [0.5, 0.6) is 0 Å². The Balaban J connectivity index is 1.44. The number of aliphatic carboxylic acids is 2. The van der Waals surface area contributed by atoms with Crippen LogP contribution in [0.3, 0.4) is 0 Å². The standard InChI is InChI=1S/C25H33NO8/c1-24-9-7-14(34-23(33)26-17(22(31)32)4-6-20(29)30)11-13(24)12-18(27)21-15-3-5-19(28)25(15,2)10-8-16(21)24/h12,14-17,21H,3-11H2,1-2H3,(H,26,33)(H,29,30)(H,31,32)/t14-,15?,16?,17?,21?,24-,25-/m0/s1. The van der Waals surface area contributed by atoms with Crippen LogP contribution in [0.2, 0.25) is 0 Å². The maximum atomic E-state index is 13.3. The largest absolute Gasteiger partial charge is 0.481 e. The second-order valence-electron chi connectivity index (χ2n) is 10.9. The number of rotatable bonds is 6. The fourth-order valence-electron chi connectivity index (χ4n) is 7.10. The van der Waals surface area contributed by atoms with Crippen LogP contribution in [0.1, 0.15) is 71.6 Å². The lowest BCUT2D eigenvalue weighted by Gasteiger charge is -2.55. The van der Waals surface area contributed by atoms with Crippen LogP contribution in [-0.4, -0.2) is 52.0 Å². The van der Waals surface area contributed by atoms with Gasteiger partial charge in [0, 0.05) is 30.6 Å². The number of carbonyl (C=O) groups excluding carboxylic acids is 3. The van der Waals surface area contributed by atoms with E-state index in [1.807, 2.05) is 6.92 Å². The molecule has 186 valence electrons. The van der Waals surface area contributed by atoms with E-state index in [4.69, 9.17) is 9.84 Å². The topological polar surface area (TPSA) is 147 Å². The first-order valence-corrected chi connectivity index (χ1v) is 12.2. The number of hydrogen-bond donors (Lipinski definition) is 3. The number of Topliss-reactive ketones (excluding diaryl/α,β-unsaturated/α-hetero) is 1. The second-order valence-corrected chi connectivity index (χ2v) is 10.9. The summed E-state index contributed by atoms with van der Waals surface area (Å²) in [5.41, 5.74) is 0.391. The zero-order valence-corrected chi connectivity index (χ0v) is 19.7. The van der Waals surface area contributed by atoms with Gasteiger partial charge < -0.3 is 20.3 Å². The summed E-state index contributed by atoms with van der Waals surface area (Å²) in [6.45, 7) is 4.22. The predicted molar refractivity (Wildman–Crippen MR) is 119 cm³/mol. The second kappa shape index (κ2) is 8.82. The molecule has 3 saturated carbocycles. The normalized spacial score (nSPS) is 37.5. The van der Waals surface area contributed by atoms with Crippen molar-refractivity contribution < 1.29 is 38.9 Å². The molecule has 0 aliphatic heterocycles. The molecule has 0 heterocycles. The van der Waals surface area contributed by atoms with E-state index in [1.54, 1.807) is 6.08 Å². The Labute approximate surface area is 198 Å². The third-order valence-electron chi connectivity index (χ3n) is 9.12. The van der Waals surface area contributed by atoms with E-state index in [2.05, 4.69) is 12.2 Å². The van der Waals surface area contributed by atoms with E-state index in [0.29, 0.717) is 19.3 Å². The number of carboxylic acid groups (broad SMARTS) is 2. The molecule has 34 heavy (non-hydrogen) atoms. The maximum absolute atomic E-state index is 13.3. The summed E-state index contributed by atoms with van der Waals surface area (Å²) in [4.78, 5) is 60.2. The van der Waals surface area contributed by atoms with Crippen LogP contribution in [0.4, 0.5) is 4.79 Å². The number of alkyl carbamates (subject to hydrolysis) is 1. The van der Waals surface area contributed by atoms with Gasteiger partial charge >= 0.3 is 18.0 Å². The molecule has 3 N–H and O–H groups in total. The van der Waals surface area contributed by atoms with Crippen LogP contribution < -0.4 is 5.32 Å². The van der Waals surface area contributed by atoms with Gasteiger partial charge in [0.1, 0.15) is 17.9 Å². The van der Waals surface area contributed by atoms with Crippen molar-refractivity contribution in [2.24, 2.45) is 28.6 Å². The highest BCUT2D eigenvalue weighted by Crippen LogP contribution is 2.63. The molecular weight excluding hydrogens is 442 g/mol. The van der Waals surface area contributed by atoms with Crippen LogP contribution in [-0.2, 0) is 23.9 Å². The first-order chi connectivity index (χ1) is 16.0. The number of ketones is 2. The third kappa shape index (κ3) is 4.14. The number of hydrogen-bond acceptors (Lipinski definition) is 6. The summed E-state index contributed by atoms with van der Waals surface area (Å²) in [5.74, 6) is -1.97. The fourth-order valence-corrected chi connectivity index (χ4v) is 7.10. The highest BCUT2D eigenvalue weighted by molar-refractivity contribution is 5.96. The average Bonchev–Trinajstić information content (AvgIpc) is 3.06. The summed E-state index contributed by atoms with van der Waals surface area (Å²) in [7, 11) is 0. The quantitative estimate of drug-likeness (QED) is 0.531. The molecule has 0 aromatic rings. The molecular formula is C25H33NO8. The van der Waals surface area contributed by atoms with Crippen molar-refractivity contribution in [3.8, 4) is 0 Å². The Bertz CT molecular complexity index is 957. The Morgan fingerprint density at radius 1 is 1.09 bits per heavy atom. The van der Waals surface area contributed by atoms with E-state index in [1.165, 1.54) is 0 Å². The van der Waals surface area contributed by atoms with Gasteiger partial charge in [-0.25, -0.2) is 9.59 Å². The monoisotopic (exact) mass is 475 g/mol. The molecule has 0 spiro atoms. The van der Waals surface area contributed by atoms with Crippen molar-refractivity contribution in [3.63, 3.8) is 0 Å². The van der Waals surface area contributed by atoms with Crippen molar-refractivity contribution in [1.29, 1.82) is 0 Å². The summed E-state index contributed by atoms with van der Waals surface area (Å²) in [6.07, 6.45) is 4.42. The van der Waals surface area contributed by atoms with Crippen molar-refractivity contribution in [2.75, 3.05) is 0 Å². The number of carboxylic acids is 2. The summed E-state index contributed by atoms with van der Waals surface area (Å²) in [5, 5.41) is 20.3. The van der Waals surface area contributed by atoms with Gasteiger partial charge in [0.2, 0.25) is 0 Å². The molecule has 0 saturated heterocycles. The lowest BCUT2D eigenvalue weighted by Crippen LogP contribution is -2.53. The van der Waals surface area contributed by atoms with E-state index in [9.17, 15) is 29.1 Å². The predicted octanol–water partition coefficient (Wildman–Crippen LogP) is 3.11. The van der Waals surface area contributed by atoms with Crippen LogP contribution in [0.25, 0.3) is 0 Å². The molecule has 0 radical (unpaired) electrons. The van der Waals surface area contributed by atoms with Gasteiger partial charge in [0.25, 0.3) is 0 Å². The highest BCUT2D eigenvalue weighted by atomic mass is 16.6. The average molecular weight is 476 g/mol. The minimum absolute atomic E-state index is 0.0767. The van der Waals surface area contributed by atoms with Gasteiger partial charge in [-0.3, -0.25) is 14.4 Å². The molecule has 4 unspecified atom stereocenters. The molecule has 4 aliphatic rings. The lowest BCUT2D eigenvalue weighted by molar-refractivity contribution is -0.142. The molecule has 7 atom stereocenters. The number of carbonyl (C=O) groups is 5. The molecule has 0 aromatic carbocycles. The number of fused-ring (bicyclic) bond motifs is 5. The van der Waals surface area contributed by atoms with Crippen molar-refractivity contribution >= 4 is 29.6 Å². The lowest BCUT2D eigenvalue weighted by atomic mass is 9.48. The van der Waals surface area contributed by atoms with Crippen molar-refractivity contribution in [1.82, 2.24) is 5.32 Å². The molecule has 4 rings (SSSR count). The fraction of sp³-hybridized carbons (Fsp3) is 0.720. The molecule has 4 aliphatic carbocycles. The van der Waals surface area contributed by atoms with Gasteiger partial charge in [-0.1, -0.05) is 19.4 Å². The molecule has 9 heteroatoms. The zero-order chi connectivity index (χ0) is 24.8.